The van der Waals surface area contributed by atoms with E-state index in [-0.39, 0.29) is 0 Å². The van der Waals surface area contributed by atoms with E-state index < -0.39 is 0 Å². The van der Waals surface area contributed by atoms with Gasteiger partial charge in [-0.15, -0.1) is 23.5 Å². The molecule has 0 nitrogen and oxygen atoms in total. The van der Waals surface area contributed by atoms with Gasteiger partial charge in [-0.1, -0.05) is 0 Å². The van der Waals surface area contributed by atoms with Crippen molar-refractivity contribution >= 4 is 23.5 Å². The largest absolute Gasteiger partial charge is 0.125 e. The normalized spacial score (nSPS) is 69.8. The van der Waals surface area contributed by atoms with Gasteiger partial charge >= 0.3 is 0 Å². The SMILES string of the molecule is C1C2CC3CC1CC(C2)C31SC2(S1)C1CC3CC(C1)CC2C3. The maximum absolute atomic E-state index is 2.61. The second-order valence-corrected chi connectivity index (χ2v) is 13.9. The zero-order chi connectivity index (χ0) is 14.1. The summed E-state index contributed by atoms with van der Waals surface area (Å²) in [4.78, 5) is 0. The molecule has 0 N–H and O–H groups in total. The molecule has 120 valence electrons. The lowest BCUT2D eigenvalue weighted by atomic mass is 9.55. The third-order valence-corrected chi connectivity index (χ3v) is 14.1. The minimum Gasteiger partial charge on any atom is -0.125 e. The smallest absolute Gasteiger partial charge is 0.0695 e. The lowest BCUT2D eigenvalue weighted by Crippen LogP contribution is -2.68. The highest BCUT2D eigenvalue weighted by atomic mass is 32.3. The Morgan fingerprint density at radius 2 is 0.682 bits per heavy atom. The molecule has 1 aliphatic heterocycles. The highest BCUT2D eigenvalue weighted by molar-refractivity contribution is 8.35. The molecular weight excluding hydrogens is 304 g/mol. The fraction of sp³-hybridized carbons (Fsp3) is 1.00. The Balaban J connectivity index is 1.24. The molecular formula is C20H28S2. The van der Waals surface area contributed by atoms with E-state index in [9.17, 15) is 0 Å². The van der Waals surface area contributed by atoms with Crippen molar-refractivity contribution in [2.45, 2.75) is 72.4 Å². The zero-order valence-corrected chi connectivity index (χ0v) is 15.1. The summed E-state index contributed by atoms with van der Waals surface area (Å²) in [6, 6.07) is 0. The summed E-state index contributed by atoms with van der Waals surface area (Å²) in [6.07, 6.45) is 16.1. The summed E-state index contributed by atoms with van der Waals surface area (Å²) in [7, 11) is 0. The van der Waals surface area contributed by atoms with Crippen LogP contribution < -0.4 is 0 Å². The van der Waals surface area contributed by atoms with Gasteiger partial charge in [-0.05, 0) is 112 Å². The summed E-state index contributed by atoms with van der Waals surface area (Å²) in [5.74, 6) is 9.02. The molecule has 2 heteroatoms. The van der Waals surface area contributed by atoms with Gasteiger partial charge in [0.2, 0.25) is 0 Å². The number of thioether (sulfide) groups is 2. The van der Waals surface area contributed by atoms with E-state index in [4.69, 9.17) is 0 Å². The fourth-order valence-electron chi connectivity index (χ4n) is 8.86. The molecule has 1 heterocycles. The number of hydrogen-bond acceptors (Lipinski definition) is 2. The van der Waals surface area contributed by atoms with Crippen LogP contribution in [0.15, 0.2) is 0 Å². The molecule has 2 spiro atoms. The lowest BCUT2D eigenvalue weighted by Gasteiger charge is -2.75. The Morgan fingerprint density at radius 3 is 0.955 bits per heavy atom. The van der Waals surface area contributed by atoms with Gasteiger partial charge in [0.1, 0.15) is 0 Å². The zero-order valence-electron chi connectivity index (χ0n) is 13.5. The average Bonchev–Trinajstić information content (AvgIpc) is 2.43. The van der Waals surface area contributed by atoms with E-state index in [0.717, 1.165) is 55.5 Å². The third kappa shape index (κ3) is 1.37. The van der Waals surface area contributed by atoms with Crippen molar-refractivity contribution in [2.75, 3.05) is 0 Å². The lowest BCUT2D eigenvalue weighted by molar-refractivity contribution is -0.00834. The van der Waals surface area contributed by atoms with E-state index in [1.54, 1.807) is 64.2 Å². The molecule has 0 amide bonds. The highest BCUT2D eigenvalue weighted by Gasteiger charge is 2.73. The first-order valence-corrected chi connectivity index (χ1v) is 11.8. The van der Waals surface area contributed by atoms with Crippen LogP contribution in [-0.4, -0.2) is 8.16 Å². The van der Waals surface area contributed by atoms with Crippen molar-refractivity contribution in [1.82, 2.24) is 0 Å². The summed E-state index contributed by atoms with van der Waals surface area (Å²) < 4.78 is 1.45. The van der Waals surface area contributed by atoms with Gasteiger partial charge in [-0.3, -0.25) is 0 Å². The summed E-state index contributed by atoms with van der Waals surface area (Å²) in [6.45, 7) is 0. The predicted molar refractivity (Wildman–Crippen MR) is 94.7 cm³/mol. The molecule has 9 aliphatic rings. The van der Waals surface area contributed by atoms with Crippen LogP contribution >= 0.6 is 23.5 Å². The van der Waals surface area contributed by atoms with Crippen molar-refractivity contribution in [3.05, 3.63) is 0 Å². The number of hydrogen-bond donors (Lipinski definition) is 0. The first-order chi connectivity index (χ1) is 10.7. The van der Waals surface area contributed by atoms with E-state index in [2.05, 4.69) is 23.5 Å². The monoisotopic (exact) mass is 332 g/mol. The molecule has 0 aromatic carbocycles. The van der Waals surface area contributed by atoms with Crippen LogP contribution in [0, 0.1) is 47.3 Å². The summed E-state index contributed by atoms with van der Waals surface area (Å²) >= 11 is 5.22. The highest BCUT2D eigenvalue weighted by Crippen LogP contribution is 2.84. The molecule has 9 fully saturated rings. The Kier molecular flexibility index (Phi) is 2.31. The van der Waals surface area contributed by atoms with Gasteiger partial charge in [-0.2, -0.15) is 0 Å². The van der Waals surface area contributed by atoms with Crippen LogP contribution in [0.3, 0.4) is 0 Å². The maximum Gasteiger partial charge on any atom is 0.0695 e. The van der Waals surface area contributed by atoms with Crippen molar-refractivity contribution in [3.63, 3.8) is 0 Å². The molecule has 0 unspecified atom stereocenters. The Bertz CT molecular complexity index is 426. The Hall–Kier alpha value is 0.700. The standard InChI is InChI=1S/C20H28S2/c1-11-3-15-5-12(1)6-16(4-11)19(15)21-20(22-19)17-7-13-2-14(9-17)10-18(20)8-13/h11-18H,1-10H2. The quantitative estimate of drug-likeness (QED) is 0.552. The van der Waals surface area contributed by atoms with Crippen LogP contribution in [0.4, 0.5) is 0 Å². The summed E-state index contributed by atoms with van der Waals surface area (Å²) in [5.41, 5.74) is 0. The third-order valence-electron chi connectivity index (χ3n) is 9.19. The Morgan fingerprint density at radius 1 is 0.409 bits per heavy atom. The molecule has 1 saturated heterocycles. The second kappa shape index (κ2) is 3.92. The van der Waals surface area contributed by atoms with Gasteiger partial charge in [-0.25, -0.2) is 0 Å². The van der Waals surface area contributed by atoms with Gasteiger partial charge in [0, 0.05) is 0 Å². The molecule has 8 saturated carbocycles. The molecule has 0 radical (unpaired) electrons. The maximum atomic E-state index is 2.61. The van der Waals surface area contributed by atoms with Crippen molar-refractivity contribution in [3.8, 4) is 0 Å². The van der Waals surface area contributed by atoms with Crippen molar-refractivity contribution in [2.24, 2.45) is 47.3 Å². The topological polar surface area (TPSA) is 0 Å². The van der Waals surface area contributed by atoms with Crippen LogP contribution in [0.25, 0.3) is 0 Å². The first kappa shape index (κ1) is 13.0. The van der Waals surface area contributed by atoms with Gasteiger partial charge in [0.05, 0.1) is 8.16 Å². The molecule has 8 bridgehead atoms. The van der Waals surface area contributed by atoms with Gasteiger partial charge < -0.3 is 0 Å². The number of rotatable bonds is 0. The predicted octanol–water partition coefficient (Wildman–Crippen LogP) is 5.77. The molecule has 9 rings (SSSR count). The Labute approximate surface area is 143 Å². The minimum absolute atomic E-state index is 0.725. The van der Waals surface area contributed by atoms with Crippen molar-refractivity contribution < 1.29 is 0 Å². The molecule has 8 aliphatic carbocycles. The van der Waals surface area contributed by atoms with Crippen LogP contribution in [0.5, 0.6) is 0 Å². The molecule has 0 aromatic heterocycles. The molecule has 0 aromatic rings. The first-order valence-electron chi connectivity index (χ1n) is 10.1. The van der Waals surface area contributed by atoms with Gasteiger partial charge in [0.25, 0.3) is 0 Å². The molecule has 22 heavy (non-hydrogen) atoms. The fourth-order valence-corrected chi connectivity index (χ4v) is 14.1. The van der Waals surface area contributed by atoms with Crippen LogP contribution in [0.1, 0.15) is 64.2 Å². The van der Waals surface area contributed by atoms with E-state index in [1.807, 2.05) is 0 Å². The second-order valence-electron chi connectivity index (χ2n) is 10.3. The average molecular weight is 333 g/mol. The summed E-state index contributed by atoms with van der Waals surface area (Å²) in [5, 5.41) is 0. The van der Waals surface area contributed by atoms with Crippen molar-refractivity contribution in [1.29, 1.82) is 0 Å². The van der Waals surface area contributed by atoms with E-state index >= 15 is 0 Å². The van der Waals surface area contributed by atoms with Crippen LogP contribution in [-0.2, 0) is 0 Å². The molecule has 0 atom stereocenters. The van der Waals surface area contributed by atoms with Crippen LogP contribution in [0.2, 0.25) is 0 Å². The van der Waals surface area contributed by atoms with E-state index in [0.29, 0.717) is 0 Å². The van der Waals surface area contributed by atoms with Gasteiger partial charge in [0.15, 0.2) is 0 Å². The minimum atomic E-state index is 0.725. The van der Waals surface area contributed by atoms with E-state index in [1.165, 1.54) is 0 Å².